The molecule has 60 heavy (non-hydrogen) atoms. The molecule has 7 heterocycles. The lowest BCUT2D eigenvalue weighted by Crippen LogP contribution is -2.91. The van der Waals surface area contributed by atoms with Gasteiger partial charge in [-0.3, -0.25) is 0 Å². The summed E-state index contributed by atoms with van der Waals surface area (Å²) in [4.78, 5) is 2.72. The smallest absolute Gasteiger partial charge is 0.246 e. The summed E-state index contributed by atoms with van der Waals surface area (Å²) < 4.78 is 7.08. The summed E-state index contributed by atoms with van der Waals surface area (Å²) in [6.45, 7) is 0.128. The van der Waals surface area contributed by atoms with Crippen LogP contribution in [0.1, 0.15) is 0 Å². The molecule has 2 unspecified atom stereocenters. The lowest BCUT2D eigenvalue weighted by atomic mass is 9.30. The molecular weight excluding hydrogens is 756 g/mol. The molecule has 7 aliphatic heterocycles. The zero-order valence-corrected chi connectivity index (χ0v) is 34.4. The second kappa shape index (κ2) is 10.3. The average molecular weight is 788 g/mol. The minimum atomic E-state index is -2.93. The van der Waals surface area contributed by atoms with Gasteiger partial charge in [-0.25, -0.2) is 0 Å². The molecule has 0 radical (unpaired) electrons. The van der Waals surface area contributed by atoms with Crippen molar-refractivity contribution in [3.8, 4) is 33.8 Å². The van der Waals surface area contributed by atoms with Crippen molar-refractivity contribution in [1.82, 2.24) is 0 Å². The number of ether oxygens (including phenoxy) is 1. The summed E-state index contributed by atoms with van der Waals surface area (Å²) in [5, 5.41) is 12.3. The number of hydrogen-bond donors (Lipinski definition) is 0. The van der Waals surface area contributed by atoms with Gasteiger partial charge in [0.15, 0.2) is 27.6 Å². The number of hydrogen-bond acceptors (Lipinski definition) is 2. The Hall–Kier alpha value is -6.86. The third kappa shape index (κ3) is 3.12. The highest BCUT2D eigenvalue weighted by Gasteiger charge is 2.64. The van der Waals surface area contributed by atoms with Gasteiger partial charge in [0.1, 0.15) is 0 Å². The lowest BCUT2D eigenvalue weighted by Gasteiger charge is -2.54. The van der Waals surface area contributed by atoms with Crippen molar-refractivity contribution in [1.29, 1.82) is 0 Å². The van der Waals surface area contributed by atoms with Gasteiger partial charge in [-0.1, -0.05) is 187 Å². The van der Waals surface area contributed by atoms with Crippen LogP contribution in [0.4, 0.5) is 17.1 Å². The fourth-order valence-corrected chi connectivity index (χ4v) is 25.4. The molecule has 2 nitrogen and oxygen atoms in total. The molecule has 0 N–H and O–H groups in total. The topological polar surface area (TPSA) is 12.5 Å². The molecule has 0 bridgehead atoms. The highest BCUT2D eigenvalue weighted by molar-refractivity contribution is 7.32. The quantitative estimate of drug-likeness (QED) is 0.250. The molecule has 272 valence electrons. The largest absolute Gasteiger partial charge is 0.453 e. The first-order chi connectivity index (χ1) is 29.8. The third-order valence-corrected chi connectivity index (χ3v) is 25.5. The Morgan fingerprint density at radius 2 is 0.767 bits per heavy atom. The predicted molar refractivity (Wildman–Crippen MR) is 256 cm³/mol. The summed E-state index contributed by atoms with van der Waals surface area (Å²) in [5.41, 5.74) is 18.2. The Morgan fingerprint density at radius 3 is 1.27 bits per heavy atom. The molecule has 0 aromatic heterocycles. The van der Waals surface area contributed by atoms with E-state index in [2.05, 4.69) is 193 Å². The van der Waals surface area contributed by atoms with Gasteiger partial charge in [0.2, 0.25) is 13.4 Å². The van der Waals surface area contributed by atoms with Crippen molar-refractivity contribution in [3.05, 3.63) is 188 Å². The van der Waals surface area contributed by atoms with E-state index < -0.39 is 16.1 Å². The van der Waals surface area contributed by atoms with Crippen LogP contribution < -0.4 is 83.9 Å². The van der Waals surface area contributed by atoms with Crippen molar-refractivity contribution in [2.24, 2.45) is 0 Å². The van der Waals surface area contributed by atoms with E-state index >= 15 is 0 Å². The monoisotopic (exact) mass is 787 g/mol. The first-order valence-corrected chi connectivity index (χ1v) is 25.3. The fourth-order valence-electron chi connectivity index (χ4n) is 13.9. The van der Waals surface area contributed by atoms with E-state index in [0.29, 0.717) is 0 Å². The van der Waals surface area contributed by atoms with E-state index in [4.69, 9.17) is 4.74 Å². The summed E-state index contributed by atoms with van der Waals surface area (Å²) >= 11 is 0. The van der Waals surface area contributed by atoms with Gasteiger partial charge in [-0.15, -0.1) is 0 Å². The SMILES string of the molecule is c1ccc([Si]23c4ccccc4-c4cccc(c42)B2c4cccc5c4N4c6c(cccc6B6c7cccc8c7[Si](c7ccccc7)(c7ccccc7-8)c7cc3c2c4c76)O5)cc1. The molecule has 6 heteroatoms. The minimum Gasteiger partial charge on any atom is -0.453 e. The van der Waals surface area contributed by atoms with E-state index in [-0.39, 0.29) is 13.4 Å². The lowest BCUT2D eigenvalue weighted by molar-refractivity contribution is 0.478. The standard InChI is InChI=1S/C54H31B2NOSi2/c1-3-15-32(16-4-1)59-44-29-9-7-19-34(44)36-21-11-25-40(53(36)59)55-38-23-13-27-42-50(38)57-51-39(24-14-28-43(51)58-42)56-41-26-12-22-37-35-20-8-10-30-45(35)60(54(37)41,33-17-5-2-6-18-33)47-31-46(59)48(55)52(57)49(47)56/h1-31H. The van der Waals surface area contributed by atoms with Gasteiger partial charge in [-0.05, 0) is 97.7 Å². The van der Waals surface area contributed by atoms with Gasteiger partial charge in [0, 0.05) is 5.69 Å². The Morgan fingerprint density at radius 1 is 0.350 bits per heavy atom. The normalized spacial score (nSPS) is 19.5. The summed E-state index contributed by atoms with van der Waals surface area (Å²) in [7, 11) is -5.87. The van der Waals surface area contributed by atoms with Crippen LogP contribution in [-0.4, -0.2) is 29.6 Å². The molecule has 16 rings (SSSR count). The van der Waals surface area contributed by atoms with Crippen LogP contribution in [0, 0.1) is 0 Å². The molecule has 9 aromatic carbocycles. The zero-order valence-electron chi connectivity index (χ0n) is 32.4. The Balaban J connectivity index is 1.20. The molecule has 7 aliphatic rings. The Bertz CT molecular complexity index is 3290. The minimum absolute atomic E-state index is 0.0640. The molecule has 0 amide bonds. The van der Waals surface area contributed by atoms with Crippen molar-refractivity contribution >= 4 is 121 Å². The first-order valence-electron chi connectivity index (χ1n) is 21.3. The first kappa shape index (κ1) is 31.1. The highest BCUT2D eigenvalue weighted by atomic mass is 28.3. The van der Waals surface area contributed by atoms with Crippen LogP contribution in [0.3, 0.4) is 0 Å². The molecule has 2 atom stereocenters. The molecule has 0 aliphatic carbocycles. The van der Waals surface area contributed by atoms with Gasteiger partial charge in [0.05, 0.1) is 11.4 Å². The van der Waals surface area contributed by atoms with Crippen LogP contribution >= 0.6 is 0 Å². The van der Waals surface area contributed by atoms with E-state index in [1.807, 2.05) is 0 Å². The van der Waals surface area contributed by atoms with E-state index in [1.165, 1.54) is 92.8 Å². The second-order valence-electron chi connectivity index (χ2n) is 17.7. The third-order valence-electron chi connectivity index (χ3n) is 15.6. The fraction of sp³-hybridized carbons (Fsp3) is 0. The molecule has 0 saturated heterocycles. The van der Waals surface area contributed by atoms with Crippen LogP contribution in [0.5, 0.6) is 11.5 Å². The predicted octanol–water partition coefficient (Wildman–Crippen LogP) is 2.26. The number of nitrogens with zero attached hydrogens (tertiary/aromatic N) is 1. The maximum atomic E-state index is 7.08. The van der Waals surface area contributed by atoms with Gasteiger partial charge in [-0.2, -0.15) is 0 Å². The summed E-state index contributed by atoms with van der Waals surface area (Å²) in [6, 6.07) is 73.5. The average Bonchev–Trinajstić information content (AvgIpc) is 3.79. The molecule has 0 saturated carbocycles. The Kier molecular flexibility index (Phi) is 5.34. The van der Waals surface area contributed by atoms with E-state index in [1.54, 1.807) is 20.7 Å². The zero-order chi connectivity index (χ0) is 38.6. The highest BCUT2D eigenvalue weighted by Crippen LogP contribution is 2.52. The van der Waals surface area contributed by atoms with E-state index in [0.717, 1.165) is 11.5 Å². The van der Waals surface area contributed by atoms with E-state index in [9.17, 15) is 0 Å². The van der Waals surface area contributed by atoms with Crippen molar-refractivity contribution in [3.63, 3.8) is 0 Å². The van der Waals surface area contributed by atoms with Gasteiger partial charge in [0.25, 0.3) is 0 Å². The maximum Gasteiger partial charge on any atom is 0.246 e. The molecular formula is C54H31B2NOSi2. The summed E-state index contributed by atoms with van der Waals surface area (Å²) in [5.74, 6) is 1.90. The summed E-state index contributed by atoms with van der Waals surface area (Å²) in [6.07, 6.45) is 0. The van der Waals surface area contributed by atoms with Crippen molar-refractivity contribution in [2.75, 3.05) is 4.90 Å². The Labute approximate surface area is 350 Å². The number of para-hydroxylation sites is 2. The number of benzene rings is 9. The van der Waals surface area contributed by atoms with Crippen molar-refractivity contribution < 1.29 is 4.74 Å². The second-order valence-corrected chi connectivity index (χ2v) is 25.0. The van der Waals surface area contributed by atoms with Crippen LogP contribution in [0.2, 0.25) is 0 Å². The molecule has 0 fully saturated rings. The van der Waals surface area contributed by atoms with Crippen LogP contribution in [0.15, 0.2) is 188 Å². The number of anilines is 3. The number of rotatable bonds is 2. The molecule has 0 spiro atoms. The van der Waals surface area contributed by atoms with Gasteiger partial charge < -0.3 is 9.64 Å². The molecule has 9 aromatic rings. The van der Waals surface area contributed by atoms with Crippen LogP contribution in [0.25, 0.3) is 22.3 Å². The van der Waals surface area contributed by atoms with Gasteiger partial charge >= 0.3 is 0 Å². The van der Waals surface area contributed by atoms with Crippen molar-refractivity contribution in [2.45, 2.75) is 0 Å². The maximum absolute atomic E-state index is 7.08. The van der Waals surface area contributed by atoms with Crippen LogP contribution in [-0.2, 0) is 0 Å². The number of fused-ring (bicyclic) bond motifs is 12.